The molecule has 0 saturated carbocycles. The summed E-state index contributed by atoms with van der Waals surface area (Å²) in [7, 11) is 0. The molecule has 2 aromatic carbocycles. The Balaban J connectivity index is 1.48. The topological polar surface area (TPSA) is 36.4 Å². The van der Waals surface area contributed by atoms with E-state index in [2.05, 4.69) is 4.98 Å². The number of carbonyl (C=O) groups excluding carboxylic acids is 1. The van der Waals surface area contributed by atoms with Gasteiger partial charge < -0.3 is 9.80 Å². The lowest BCUT2D eigenvalue weighted by Crippen LogP contribution is -2.41. The second-order valence-corrected chi connectivity index (χ2v) is 7.86. The number of hydrogen-bond donors (Lipinski definition) is 0. The Bertz CT molecular complexity index is 1160. The molecule has 0 saturated heterocycles. The number of pyridine rings is 1. The van der Waals surface area contributed by atoms with Crippen LogP contribution in [0.2, 0.25) is 0 Å². The van der Waals surface area contributed by atoms with Gasteiger partial charge in [-0.1, -0.05) is 36.4 Å². The van der Waals surface area contributed by atoms with Crippen LogP contribution in [0.25, 0.3) is 5.57 Å². The maximum atomic E-state index is 14.4. The third-order valence-electron chi connectivity index (χ3n) is 5.93. The highest BCUT2D eigenvalue weighted by atomic mass is 19.1. The number of carbonyl (C=O) groups is 1. The molecule has 2 aliphatic rings. The van der Waals surface area contributed by atoms with Crippen LogP contribution in [0.4, 0.5) is 13.6 Å². The van der Waals surface area contributed by atoms with E-state index in [4.69, 9.17) is 0 Å². The minimum atomic E-state index is -0.497. The van der Waals surface area contributed by atoms with E-state index in [1.54, 1.807) is 11.1 Å². The molecule has 4 nitrogen and oxygen atoms in total. The summed E-state index contributed by atoms with van der Waals surface area (Å²) in [6.07, 6.45) is 4.28. The second kappa shape index (κ2) is 7.95. The zero-order chi connectivity index (χ0) is 21.4. The van der Waals surface area contributed by atoms with Gasteiger partial charge in [-0.25, -0.2) is 13.6 Å². The van der Waals surface area contributed by atoms with Crippen LogP contribution in [0.3, 0.4) is 0 Å². The smallest absolute Gasteiger partial charge is 0.320 e. The predicted octanol–water partition coefficient (Wildman–Crippen LogP) is 4.98. The second-order valence-electron chi connectivity index (χ2n) is 7.86. The highest BCUT2D eigenvalue weighted by Crippen LogP contribution is 2.39. The number of rotatable bonds is 4. The van der Waals surface area contributed by atoms with E-state index in [1.807, 2.05) is 53.4 Å². The number of fused-ring (bicyclic) bond motifs is 3. The van der Waals surface area contributed by atoms with Crippen LogP contribution in [0.1, 0.15) is 28.4 Å². The van der Waals surface area contributed by atoms with Crippen LogP contribution in [-0.4, -0.2) is 33.9 Å². The summed E-state index contributed by atoms with van der Waals surface area (Å²) in [6, 6.07) is 16.7. The fourth-order valence-corrected chi connectivity index (χ4v) is 4.37. The Hall–Kier alpha value is -3.54. The molecule has 1 atom stereocenters. The zero-order valence-electron chi connectivity index (χ0n) is 16.8. The maximum Gasteiger partial charge on any atom is 0.321 e. The molecule has 2 aliphatic heterocycles. The Labute approximate surface area is 179 Å². The number of benzene rings is 2. The summed E-state index contributed by atoms with van der Waals surface area (Å²) >= 11 is 0. The first kappa shape index (κ1) is 19.4. The molecule has 0 N–H and O–H groups in total. The molecule has 0 fully saturated rings. The van der Waals surface area contributed by atoms with Crippen molar-refractivity contribution in [2.75, 3.05) is 13.1 Å². The molecular weight excluding hydrogens is 396 g/mol. The summed E-state index contributed by atoms with van der Waals surface area (Å²) in [4.78, 5) is 21.4. The highest BCUT2D eigenvalue weighted by Gasteiger charge is 2.37. The van der Waals surface area contributed by atoms with Crippen molar-refractivity contribution in [2.45, 2.75) is 19.0 Å². The predicted molar refractivity (Wildman–Crippen MR) is 114 cm³/mol. The fraction of sp³-hybridized carbons (Fsp3) is 0.200. The Kier molecular flexibility index (Phi) is 4.98. The van der Waals surface area contributed by atoms with Gasteiger partial charge in [-0.2, -0.15) is 0 Å². The van der Waals surface area contributed by atoms with E-state index in [0.29, 0.717) is 25.1 Å². The molecule has 0 radical (unpaired) electrons. The van der Waals surface area contributed by atoms with Crippen LogP contribution in [0.5, 0.6) is 0 Å². The summed E-state index contributed by atoms with van der Waals surface area (Å²) in [6.45, 7) is 1.27. The normalized spacial score (nSPS) is 17.8. The largest absolute Gasteiger partial charge is 0.321 e. The molecule has 3 aromatic rings. The van der Waals surface area contributed by atoms with Gasteiger partial charge in [0.05, 0.1) is 6.04 Å². The minimum absolute atomic E-state index is 0.111. The molecule has 1 unspecified atom stereocenters. The van der Waals surface area contributed by atoms with Crippen molar-refractivity contribution < 1.29 is 13.6 Å². The Morgan fingerprint density at radius 2 is 1.84 bits per heavy atom. The SMILES string of the molecule is O=C1N(CCc2ccccn2)Cc2ccccc2C2C=C(c3cc(F)ccc3F)CN12. The Morgan fingerprint density at radius 1 is 1.00 bits per heavy atom. The molecule has 156 valence electrons. The molecule has 31 heavy (non-hydrogen) atoms. The minimum Gasteiger partial charge on any atom is -0.320 e. The van der Waals surface area contributed by atoms with E-state index < -0.39 is 11.6 Å². The first-order valence-corrected chi connectivity index (χ1v) is 10.3. The molecule has 0 bridgehead atoms. The lowest BCUT2D eigenvalue weighted by atomic mass is 9.99. The van der Waals surface area contributed by atoms with Gasteiger partial charge in [0, 0.05) is 43.5 Å². The number of nitrogens with zero attached hydrogens (tertiary/aromatic N) is 3. The van der Waals surface area contributed by atoms with Gasteiger partial charge in [-0.05, 0) is 47.0 Å². The standard InChI is InChI=1S/C25H21F2N3O/c26-19-8-9-23(27)22(14-19)18-13-24-21-7-2-1-5-17(21)15-29(25(31)30(24)16-18)12-10-20-6-3-4-11-28-20/h1-9,11,13-14,24H,10,12,15-16H2. The van der Waals surface area contributed by atoms with E-state index in [9.17, 15) is 13.6 Å². The number of halogens is 2. The summed E-state index contributed by atoms with van der Waals surface area (Å²) < 4.78 is 28.2. The van der Waals surface area contributed by atoms with Crippen molar-refractivity contribution in [3.05, 3.63) is 107 Å². The fourth-order valence-electron chi connectivity index (χ4n) is 4.37. The van der Waals surface area contributed by atoms with Crippen LogP contribution in [0, 0.1) is 11.6 Å². The molecule has 3 heterocycles. The van der Waals surface area contributed by atoms with E-state index in [-0.39, 0.29) is 24.2 Å². The quantitative estimate of drug-likeness (QED) is 0.600. The molecular formula is C25H21F2N3O. The van der Waals surface area contributed by atoms with Crippen molar-refractivity contribution in [3.63, 3.8) is 0 Å². The molecule has 0 aliphatic carbocycles. The molecule has 0 spiro atoms. The first-order valence-electron chi connectivity index (χ1n) is 10.3. The van der Waals surface area contributed by atoms with Gasteiger partial charge in [0.15, 0.2) is 0 Å². The Morgan fingerprint density at radius 3 is 2.68 bits per heavy atom. The molecule has 2 amide bonds. The van der Waals surface area contributed by atoms with Crippen molar-refractivity contribution in [1.29, 1.82) is 0 Å². The van der Waals surface area contributed by atoms with Gasteiger partial charge in [-0.15, -0.1) is 0 Å². The van der Waals surface area contributed by atoms with Gasteiger partial charge in [-0.3, -0.25) is 4.98 Å². The average molecular weight is 417 g/mol. The van der Waals surface area contributed by atoms with Gasteiger partial charge in [0.1, 0.15) is 11.6 Å². The van der Waals surface area contributed by atoms with Crippen LogP contribution < -0.4 is 0 Å². The lowest BCUT2D eigenvalue weighted by Gasteiger charge is -2.28. The summed E-state index contributed by atoms with van der Waals surface area (Å²) in [5.41, 5.74) is 3.83. The van der Waals surface area contributed by atoms with Crippen molar-refractivity contribution in [3.8, 4) is 0 Å². The third kappa shape index (κ3) is 3.69. The summed E-state index contributed by atoms with van der Waals surface area (Å²) in [5, 5.41) is 0. The van der Waals surface area contributed by atoms with Crippen molar-refractivity contribution in [2.24, 2.45) is 0 Å². The number of aromatic nitrogens is 1. The zero-order valence-corrected chi connectivity index (χ0v) is 16.8. The number of hydrogen-bond acceptors (Lipinski definition) is 2. The van der Waals surface area contributed by atoms with E-state index in [1.165, 1.54) is 6.07 Å². The monoisotopic (exact) mass is 417 g/mol. The van der Waals surface area contributed by atoms with E-state index >= 15 is 0 Å². The van der Waals surface area contributed by atoms with Gasteiger partial charge in [0.25, 0.3) is 0 Å². The highest BCUT2D eigenvalue weighted by molar-refractivity contribution is 5.83. The molecule has 6 heteroatoms. The van der Waals surface area contributed by atoms with Gasteiger partial charge in [0.2, 0.25) is 0 Å². The van der Waals surface area contributed by atoms with E-state index in [0.717, 1.165) is 29.0 Å². The van der Waals surface area contributed by atoms with Crippen LogP contribution in [-0.2, 0) is 13.0 Å². The van der Waals surface area contributed by atoms with Crippen LogP contribution in [0.15, 0.2) is 72.9 Å². The number of amides is 2. The summed E-state index contributed by atoms with van der Waals surface area (Å²) in [5.74, 6) is -0.985. The van der Waals surface area contributed by atoms with Crippen molar-refractivity contribution in [1.82, 2.24) is 14.8 Å². The van der Waals surface area contributed by atoms with Crippen LogP contribution >= 0.6 is 0 Å². The maximum absolute atomic E-state index is 14.4. The third-order valence-corrected chi connectivity index (χ3v) is 5.93. The van der Waals surface area contributed by atoms with Gasteiger partial charge >= 0.3 is 6.03 Å². The lowest BCUT2D eigenvalue weighted by molar-refractivity contribution is 0.155. The van der Waals surface area contributed by atoms with Crippen molar-refractivity contribution >= 4 is 11.6 Å². The average Bonchev–Trinajstić information content (AvgIpc) is 3.19. The molecule has 1 aromatic heterocycles. The number of urea groups is 1. The first-order chi connectivity index (χ1) is 15.1. The molecule has 5 rings (SSSR count).